The van der Waals surface area contributed by atoms with Gasteiger partial charge in [0, 0.05) is 30.4 Å². The van der Waals surface area contributed by atoms with Crippen LogP contribution in [0.5, 0.6) is 0 Å². The predicted molar refractivity (Wildman–Crippen MR) is 100 cm³/mol. The van der Waals surface area contributed by atoms with Crippen molar-refractivity contribution >= 4 is 17.3 Å². The lowest BCUT2D eigenvalue weighted by molar-refractivity contribution is 0.507. The summed E-state index contributed by atoms with van der Waals surface area (Å²) in [6.07, 6.45) is 3.86. The summed E-state index contributed by atoms with van der Waals surface area (Å²) in [6.45, 7) is 13.7. The molecule has 0 bridgehead atoms. The predicted octanol–water partition coefficient (Wildman–Crippen LogP) is 2.87. The summed E-state index contributed by atoms with van der Waals surface area (Å²) in [5, 5.41) is 7.71. The summed E-state index contributed by atoms with van der Waals surface area (Å²) in [5.41, 5.74) is 1.11. The largest absolute Gasteiger partial charge is 0.357 e. The molecule has 2 N–H and O–H groups in total. The smallest absolute Gasteiger partial charge is 0.192 e. The number of rotatable bonds is 7. The minimum absolute atomic E-state index is 0.560. The molecule has 0 saturated carbocycles. The molecule has 0 amide bonds. The Morgan fingerprint density at radius 2 is 2.12 bits per heavy atom. The van der Waals surface area contributed by atoms with Gasteiger partial charge in [0.05, 0.1) is 12.2 Å². The third-order valence-electron chi connectivity index (χ3n) is 3.57. The van der Waals surface area contributed by atoms with Gasteiger partial charge in [0.25, 0.3) is 0 Å². The van der Waals surface area contributed by atoms with Gasteiger partial charge >= 0.3 is 0 Å². The van der Waals surface area contributed by atoms with Gasteiger partial charge < -0.3 is 15.2 Å². The van der Waals surface area contributed by atoms with Gasteiger partial charge in [-0.3, -0.25) is 0 Å². The molecule has 0 saturated heterocycles. The van der Waals surface area contributed by atoms with E-state index >= 15 is 0 Å². The molecule has 2 aromatic heterocycles. The number of hydrogen-bond donors (Lipinski definition) is 2. The number of hydrogen-bond acceptors (Lipinski definition) is 4. The molecule has 0 atom stereocenters. The molecule has 6 nitrogen and oxygen atoms in total. The molecular weight excluding hydrogens is 320 g/mol. The molecule has 7 heteroatoms. The molecule has 2 rings (SSSR count). The van der Waals surface area contributed by atoms with Crippen molar-refractivity contribution in [3.05, 3.63) is 33.8 Å². The Hall–Kier alpha value is -1.89. The van der Waals surface area contributed by atoms with Crippen molar-refractivity contribution in [2.45, 2.75) is 54.3 Å². The van der Waals surface area contributed by atoms with Crippen molar-refractivity contribution in [2.75, 3.05) is 6.54 Å². The zero-order valence-electron chi connectivity index (χ0n) is 15.3. The molecule has 2 heterocycles. The van der Waals surface area contributed by atoms with Crippen LogP contribution in [0.3, 0.4) is 0 Å². The zero-order chi connectivity index (χ0) is 17.5. The van der Waals surface area contributed by atoms with Gasteiger partial charge in [-0.25, -0.2) is 15.0 Å². The third kappa shape index (κ3) is 5.33. The average molecular weight is 349 g/mol. The fourth-order valence-electron chi connectivity index (χ4n) is 2.32. The highest BCUT2D eigenvalue weighted by molar-refractivity contribution is 7.11. The molecular formula is C17H28N6S. The lowest BCUT2D eigenvalue weighted by Crippen LogP contribution is -2.36. The van der Waals surface area contributed by atoms with E-state index in [-0.39, 0.29) is 0 Å². The molecule has 2 aromatic rings. The second-order valence-electron chi connectivity index (χ2n) is 6.19. The van der Waals surface area contributed by atoms with Crippen LogP contribution in [0.25, 0.3) is 0 Å². The van der Waals surface area contributed by atoms with E-state index in [4.69, 9.17) is 0 Å². The highest BCUT2D eigenvalue weighted by Crippen LogP contribution is 2.15. The monoisotopic (exact) mass is 348 g/mol. The first-order valence-electron chi connectivity index (χ1n) is 8.44. The van der Waals surface area contributed by atoms with Crippen molar-refractivity contribution in [2.24, 2.45) is 10.9 Å². The van der Waals surface area contributed by atoms with Crippen LogP contribution in [-0.4, -0.2) is 27.0 Å². The summed E-state index contributed by atoms with van der Waals surface area (Å²) >= 11 is 1.73. The number of nitrogens with one attached hydrogen (secondary N) is 2. The van der Waals surface area contributed by atoms with Crippen LogP contribution in [0.2, 0.25) is 0 Å². The number of aliphatic imine (C=N–C) groups is 1. The fourth-order valence-corrected chi connectivity index (χ4v) is 3.19. The maximum atomic E-state index is 4.66. The first-order chi connectivity index (χ1) is 11.5. The molecule has 0 spiro atoms. The van der Waals surface area contributed by atoms with Gasteiger partial charge in [-0.15, -0.1) is 11.3 Å². The number of nitrogens with zero attached hydrogens (tertiary/aromatic N) is 4. The quantitative estimate of drug-likeness (QED) is 0.596. The summed E-state index contributed by atoms with van der Waals surface area (Å²) in [4.78, 5) is 14.9. The number of thiazole rings is 1. The van der Waals surface area contributed by atoms with E-state index in [0.29, 0.717) is 19.0 Å². The first kappa shape index (κ1) is 18.4. The average Bonchev–Trinajstić information content (AvgIpc) is 3.08. The molecule has 0 aliphatic heterocycles. The van der Waals surface area contributed by atoms with Crippen LogP contribution in [-0.2, 0) is 19.6 Å². The van der Waals surface area contributed by atoms with Gasteiger partial charge in [0.15, 0.2) is 5.96 Å². The Morgan fingerprint density at radius 3 is 2.75 bits per heavy atom. The summed E-state index contributed by atoms with van der Waals surface area (Å²) in [7, 11) is 0. The number of guanidine groups is 1. The van der Waals surface area contributed by atoms with Crippen LogP contribution < -0.4 is 10.6 Å². The maximum Gasteiger partial charge on any atom is 0.192 e. The van der Waals surface area contributed by atoms with E-state index in [0.717, 1.165) is 35.6 Å². The van der Waals surface area contributed by atoms with Gasteiger partial charge in [0.2, 0.25) is 0 Å². The Kier molecular flexibility index (Phi) is 6.78. The van der Waals surface area contributed by atoms with Gasteiger partial charge in [0.1, 0.15) is 17.4 Å². The van der Waals surface area contributed by atoms with Gasteiger partial charge in [-0.05, 0) is 26.7 Å². The summed E-state index contributed by atoms with van der Waals surface area (Å²) in [6, 6.07) is 0. The second-order valence-corrected chi connectivity index (χ2v) is 7.48. The molecule has 0 aliphatic carbocycles. The molecule has 0 aromatic carbocycles. The van der Waals surface area contributed by atoms with E-state index in [1.54, 1.807) is 11.3 Å². The van der Waals surface area contributed by atoms with Crippen molar-refractivity contribution in [3.63, 3.8) is 0 Å². The lowest BCUT2D eigenvalue weighted by Gasteiger charge is -2.11. The first-order valence-corrected chi connectivity index (χ1v) is 9.26. The van der Waals surface area contributed by atoms with Crippen LogP contribution in [0.4, 0.5) is 0 Å². The van der Waals surface area contributed by atoms with Crippen LogP contribution in [0.15, 0.2) is 17.4 Å². The van der Waals surface area contributed by atoms with Crippen molar-refractivity contribution in [1.29, 1.82) is 0 Å². The zero-order valence-corrected chi connectivity index (χ0v) is 16.1. The van der Waals surface area contributed by atoms with Crippen molar-refractivity contribution < 1.29 is 0 Å². The van der Waals surface area contributed by atoms with Crippen molar-refractivity contribution in [3.8, 4) is 0 Å². The van der Waals surface area contributed by atoms with Crippen LogP contribution in [0, 0.1) is 19.8 Å². The summed E-state index contributed by atoms with van der Waals surface area (Å²) in [5.74, 6) is 2.37. The standard InChI is InChI=1S/C17H28N6S/c1-6-18-17(21-10-16-22-13(4)14(5)24-16)20-9-15-19-7-8-23(15)11-12(2)3/h7-8,12H,6,9-11H2,1-5H3,(H2,18,20,21). The topological polar surface area (TPSA) is 67.1 Å². The van der Waals surface area contributed by atoms with E-state index < -0.39 is 0 Å². The normalized spacial score (nSPS) is 12.0. The van der Waals surface area contributed by atoms with E-state index in [9.17, 15) is 0 Å². The van der Waals surface area contributed by atoms with E-state index in [2.05, 4.69) is 57.9 Å². The van der Waals surface area contributed by atoms with Crippen LogP contribution in [0.1, 0.15) is 42.2 Å². The minimum atomic E-state index is 0.560. The second kappa shape index (κ2) is 8.82. The molecule has 132 valence electrons. The summed E-state index contributed by atoms with van der Waals surface area (Å²) < 4.78 is 2.17. The van der Waals surface area contributed by atoms with Gasteiger partial charge in [-0.2, -0.15) is 0 Å². The minimum Gasteiger partial charge on any atom is -0.357 e. The molecule has 0 fully saturated rings. The maximum absolute atomic E-state index is 4.66. The third-order valence-corrected chi connectivity index (χ3v) is 4.64. The number of aryl methyl sites for hydroxylation is 2. The fraction of sp³-hybridized carbons (Fsp3) is 0.588. The number of imidazole rings is 1. The number of aromatic nitrogens is 3. The van der Waals surface area contributed by atoms with Crippen LogP contribution >= 0.6 is 11.3 Å². The molecule has 0 aliphatic rings. The molecule has 0 radical (unpaired) electrons. The Bertz CT molecular complexity index is 651. The molecule has 24 heavy (non-hydrogen) atoms. The highest BCUT2D eigenvalue weighted by atomic mass is 32.1. The Balaban J connectivity index is 1.98. The Morgan fingerprint density at radius 1 is 1.33 bits per heavy atom. The highest BCUT2D eigenvalue weighted by Gasteiger charge is 2.07. The van der Waals surface area contributed by atoms with Crippen molar-refractivity contribution in [1.82, 2.24) is 25.2 Å². The van der Waals surface area contributed by atoms with E-state index in [1.165, 1.54) is 4.88 Å². The lowest BCUT2D eigenvalue weighted by atomic mass is 10.2. The molecule has 0 unspecified atom stereocenters. The SMILES string of the molecule is CCNC(=NCc1nccn1CC(C)C)NCc1nc(C)c(C)s1. The Labute approximate surface area is 148 Å². The van der Waals surface area contributed by atoms with Gasteiger partial charge in [-0.1, -0.05) is 13.8 Å². The van der Waals surface area contributed by atoms with E-state index in [1.807, 2.05) is 19.3 Å².